The highest BCUT2D eigenvalue weighted by atomic mass is 16.5. The minimum absolute atomic E-state index is 0.114. The number of aliphatic hydroxyl groups excluding tert-OH is 1. The molecule has 0 heterocycles. The first-order valence-corrected chi connectivity index (χ1v) is 7.09. The lowest BCUT2D eigenvalue weighted by Gasteiger charge is -2.31. The average Bonchev–Trinajstić information content (AvgIpc) is 2.38. The average molecular weight is 265 g/mol. The third-order valence-corrected chi connectivity index (χ3v) is 3.24. The van der Waals surface area contributed by atoms with Crippen LogP contribution in [0, 0.1) is 0 Å². The Morgan fingerprint density at radius 3 is 2.37 bits per heavy atom. The standard InChI is InChI=1S/C16H27NO2/c1-5-14-6-8-15(9-7-14)19-11-10-16(4,12-18)17-13(2)3/h6-9,13,17-18H,5,10-12H2,1-4H3. The van der Waals surface area contributed by atoms with Crippen molar-refractivity contribution >= 4 is 0 Å². The first-order valence-electron chi connectivity index (χ1n) is 7.09. The van der Waals surface area contributed by atoms with Gasteiger partial charge in [0.05, 0.1) is 13.2 Å². The molecule has 0 amide bonds. The van der Waals surface area contributed by atoms with Crippen LogP contribution in [0.5, 0.6) is 5.75 Å². The summed E-state index contributed by atoms with van der Waals surface area (Å²) in [5.74, 6) is 0.891. The molecule has 1 aromatic carbocycles. The van der Waals surface area contributed by atoms with Crippen LogP contribution in [0.4, 0.5) is 0 Å². The molecule has 0 aliphatic carbocycles. The summed E-state index contributed by atoms with van der Waals surface area (Å²) in [5, 5.41) is 12.9. The summed E-state index contributed by atoms with van der Waals surface area (Å²) in [4.78, 5) is 0. The molecule has 0 radical (unpaired) electrons. The zero-order chi connectivity index (χ0) is 14.3. The van der Waals surface area contributed by atoms with Crippen molar-refractivity contribution in [2.75, 3.05) is 13.2 Å². The van der Waals surface area contributed by atoms with Crippen molar-refractivity contribution in [3.63, 3.8) is 0 Å². The third kappa shape index (κ3) is 5.62. The van der Waals surface area contributed by atoms with Crippen molar-refractivity contribution in [2.24, 2.45) is 0 Å². The summed E-state index contributed by atoms with van der Waals surface area (Å²) >= 11 is 0. The van der Waals surface area contributed by atoms with Gasteiger partial charge in [-0.1, -0.05) is 32.9 Å². The Labute approximate surface area is 117 Å². The van der Waals surface area contributed by atoms with Gasteiger partial charge in [-0.25, -0.2) is 0 Å². The number of aryl methyl sites for hydroxylation is 1. The van der Waals surface area contributed by atoms with E-state index in [1.807, 2.05) is 19.1 Å². The minimum atomic E-state index is -0.280. The summed E-state index contributed by atoms with van der Waals surface area (Å²) < 4.78 is 5.73. The molecule has 3 heteroatoms. The Kier molecular flexibility index (Phi) is 6.32. The van der Waals surface area contributed by atoms with Crippen LogP contribution in [0.1, 0.15) is 39.7 Å². The molecule has 0 saturated heterocycles. The zero-order valence-electron chi connectivity index (χ0n) is 12.6. The van der Waals surface area contributed by atoms with Crippen molar-refractivity contribution in [1.29, 1.82) is 0 Å². The molecule has 1 atom stereocenters. The zero-order valence-corrected chi connectivity index (χ0v) is 12.6. The summed E-state index contributed by atoms with van der Waals surface area (Å²) in [6.07, 6.45) is 1.82. The summed E-state index contributed by atoms with van der Waals surface area (Å²) in [5.41, 5.74) is 1.03. The topological polar surface area (TPSA) is 41.5 Å². The molecular formula is C16H27NO2. The maximum Gasteiger partial charge on any atom is 0.119 e. The molecular weight excluding hydrogens is 238 g/mol. The van der Waals surface area contributed by atoms with Crippen LogP contribution >= 0.6 is 0 Å². The molecule has 1 rings (SSSR count). The van der Waals surface area contributed by atoms with E-state index in [4.69, 9.17) is 4.74 Å². The molecule has 2 N–H and O–H groups in total. The van der Waals surface area contributed by atoms with Gasteiger partial charge in [0, 0.05) is 18.0 Å². The van der Waals surface area contributed by atoms with E-state index in [-0.39, 0.29) is 12.1 Å². The molecule has 0 bridgehead atoms. The Morgan fingerprint density at radius 2 is 1.89 bits per heavy atom. The lowest BCUT2D eigenvalue weighted by molar-refractivity contribution is 0.136. The van der Waals surface area contributed by atoms with Gasteiger partial charge in [0.15, 0.2) is 0 Å². The minimum Gasteiger partial charge on any atom is -0.494 e. The van der Waals surface area contributed by atoms with Crippen molar-refractivity contribution in [2.45, 2.75) is 52.1 Å². The van der Waals surface area contributed by atoms with Gasteiger partial charge < -0.3 is 15.2 Å². The highest BCUT2D eigenvalue weighted by Crippen LogP contribution is 2.15. The van der Waals surface area contributed by atoms with Crippen LogP contribution in [-0.2, 0) is 6.42 Å². The van der Waals surface area contributed by atoms with E-state index >= 15 is 0 Å². The molecule has 108 valence electrons. The predicted molar refractivity (Wildman–Crippen MR) is 79.7 cm³/mol. The van der Waals surface area contributed by atoms with Crippen molar-refractivity contribution in [3.8, 4) is 5.75 Å². The smallest absolute Gasteiger partial charge is 0.119 e. The van der Waals surface area contributed by atoms with E-state index in [1.54, 1.807) is 0 Å². The third-order valence-electron chi connectivity index (χ3n) is 3.24. The number of rotatable bonds is 8. The van der Waals surface area contributed by atoms with Crippen LogP contribution < -0.4 is 10.1 Å². The molecule has 0 spiro atoms. The molecule has 0 aliphatic heterocycles. The highest BCUT2D eigenvalue weighted by Gasteiger charge is 2.23. The van der Waals surface area contributed by atoms with E-state index in [1.165, 1.54) is 5.56 Å². The van der Waals surface area contributed by atoms with Gasteiger partial charge in [-0.2, -0.15) is 0 Å². The number of nitrogens with one attached hydrogen (secondary N) is 1. The fourth-order valence-electron chi connectivity index (χ4n) is 2.11. The number of hydrogen-bond donors (Lipinski definition) is 2. The van der Waals surface area contributed by atoms with Gasteiger partial charge in [-0.3, -0.25) is 0 Å². The second-order valence-electron chi connectivity index (χ2n) is 5.61. The lowest BCUT2D eigenvalue weighted by Crippen LogP contribution is -2.49. The largest absolute Gasteiger partial charge is 0.494 e. The maximum atomic E-state index is 9.48. The fourth-order valence-corrected chi connectivity index (χ4v) is 2.11. The molecule has 0 aromatic heterocycles. The molecule has 1 unspecified atom stereocenters. The van der Waals surface area contributed by atoms with E-state index in [0.29, 0.717) is 12.6 Å². The van der Waals surface area contributed by atoms with Crippen molar-refractivity contribution in [3.05, 3.63) is 29.8 Å². The monoisotopic (exact) mass is 265 g/mol. The van der Waals surface area contributed by atoms with Gasteiger partial charge >= 0.3 is 0 Å². The molecule has 1 aromatic rings. The Morgan fingerprint density at radius 1 is 1.26 bits per heavy atom. The Hall–Kier alpha value is -1.06. The van der Waals surface area contributed by atoms with Crippen molar-refractivity contribution in [1.82, 2.24) is 5.32 Å². The van der Waals surface area contributed by atoms with E-state index in [0.717, 1.165) is 18.6 Å². The SMILES string of the molecule is CCc1ccc(OCCC(C)(CO)NC(C)C)cc1. The van der Waals surface area contributed by atoms with Gasteiger partial charge in [-0.15, -0.1) is 0 Å². The fraction of sp³-hybridized carbons (Fsp3) is 0.625. The maximum absolute atomic E-state index is 9.48. The molecule has 0 saturated carbocycles. The normalized spacial score (nSPS) is 14.4. The van der Waals surface area contributed by atoms with E-state index < -0.39 is 0 Å². The Bertz CT molecular complexity index is 362. The van der Waals surface area contributed by atoms with Crippen LogP contribution in [0.3, 0.4) is 0 Å². The summed E-state index contributed by atoms with van der Waals surface area (Å²) in [7, 11) is 0. The summed E-state index contributed by atoms with van der Waals surface area (Å²) in [6, 6.07) is 8.54. The van der Waals surface area contributed by atoms with Gasteiger partial charge in [0.2, 0.25) is 0 Å². The second-order valence-corrected chi connectivity index (χ2v) is 5.61. The number of aliphatic hydroxyl groups is 1. The predicted octanol–water partition coefficient (Wildman–Crippen LogP) is 2.77. The Balaban J connectivity index is 2.43. The number of ether oxygens (including phenoxy) is 1. The second kappa shape index (κ2) is 7.51. The van der Waals surface area contributed by atoms with Gasteiger partial charge in [0.1, 0.15) is 5.75 Å². The quantitative estimate of drug-likeness (QED) is 0.759. The first-order chi connectivity index (χ1) is 8.99. The lowest BCUT2D eigenvalue weighted by atomic mass is 9.98. The van der Waals surface area contributed by atoms with Crippen molar-refractivity contribution < 1.29 is 9.84 Å². The molecule has 3 nitrogen and oxygen atoms in total. The first kappa shape index (κ1) is 16.0. The van der Waals surface area contributed by atoms with Gasteiger partial charge in [-0.05, 0) is 31.0 Å². The van der Waals surface area contributed by atoms with E-state index in [2.05, 4.69) is 38.2 Å². The molecule has 0 fully saturated rings. The van der Waals surface area contributed by atoms with Crippen LogP contribution in [0.2, 0.25) is 0 Å². The van der Waals surface area contributed by atoms with Crippen LogP contribution in [0.25, 0.3) is 0 Å². The molecule has 19 heavy (non-hydrogen) atoms. The van der Waals surface area contributed by atoms with Crippen LogP contribution in [0.15, 0.2) is 24.3 Å². The highest BCUT2D eigenvalue weighted by molar-refractivity contribution is 5.27. The van der Waals surface area contributed by atoms with Crippen LogP contribution in [-0.4, -0.2) is 29.9 Å². The number of hydrogen-bond acceptors (Lipinski definition) is 3. The van der Waals surface area contributed by atoms with Gasteiger partial charge in [0.25, 0.3) is 0 Å². The summed E-state index contributed by atoms with van der Waals surface area (Å²) in [6.45, 7) is 9.04. The van der Waals surface area contributed by atoms with E-state index in [9.17, 15) is 5.11 Å². The molecule has 0 aliphatic rings. The number of benzene rings is 1.